The van der Waals surface area contributed by atoms with E-state index in [1.807, 2.05) is 0 Å². The van der Waals surface area contributed by atoms with Gasteiger partial charge in [-0.05, 0) is 30.7 Å². The molecule has 2 atom stereocenters. The first-order valence-electron chi connectivity index (χ1n) is 10.4. The molecule has 0 fully saturated rings. The highest BCUT2D eigenvalue weighted by atomic mass is 32.2. The summed E-state index contributed by atoms with van der Waals surface area (Å²) in [5, 5.41) is 5.08. The summed E-state index contributed by atoms with van der Waals surface area (Å²) in [5.41, 5.74) is 0.749. The van der Waals surface area contributed by atoms with Crippen molar-refractivity contribution < 1.29 is 26.8 Å². The summed E-state index contributed by atoms with van der Waals surface area (Å²) >= 11 is 0. The molecule has 0 saturated carbocycles. The van der Waals surface area contributed by atoms with Crippen molar-refractivity contribution in [1.82, 2.24) is 9.62 Å². The summed E-state index contributed by atoms with van der Waals surface area (Å²) in [5.74, 6) is -2.43. The van der Waals surface area contributed by atoms with Crippen LogP contribution in [0.15, 0.2) is 77.7 Å². The number of rotatable bonds is 6. The summed E-state index contributed by atoms with van der Waals surface area (Å²) in [6.07, 6.45) is -0.111. The number of nitrogens with zero attached hydrogens (tertiary/aromatic N) is 1. The van der Waals surface area contributed by atoms with Gasteiger partial charge in [-0.3, -0.25) is 4.79 Å². The number of hydrogen-bond acceptors (Lipinski definition) is 4. The number of halogens is 2. The Balaban J connectivity index is 1.71. The average molecular weight is 486 g/mol. The second-order valence-corrected chi connectivity index (χ2v) is 9.61. The highest BCUT2D eigenvalue weighted by molar-refractivity contribution is 7.90. The van der Waals surface area contributed by atoms with Gasteiger partial charge in [0.25, 0.3) is 10.0 Å². The van der Waals surface area contributed by atoms with E-state index < -0.39 is 45.7 Å². The third kappa shape index (κ3) is 4.49. The molecule has 1 aliphatic heterocycles. The van der Waals surface area contributed by atoms with Gasteiger partial charge < -0.3 is 10.6 Å². The van der Waals surface area contributed by atoms with Gasteiger partial charge in [0.15, 0.2) is 0 Å². The minimum absolute atomic E-state index is 0.0181. The third-order valence-corrected chi connectivity index (χ3v) is 7.36. The first-order valence-corrected chi connectivity index (χ1v) is 11.9. The molecular formula is C24H21F2N3O4S. The van der Waals surface area contributed by atoms with Crippen molar-refractivity contribution in [2.24, 2.45) is 0 Å². The lowest BCUT2D eigenvalue weighted by Crippen LogP contribution is -2.56. The average Bonchev–Trinajstić information content (AvgIpc) is 2.78. The SMILES string of the molecule is C[C@@H](NC(=O)[C@H](Cc1ccccc1)N1C(=O)Nc2ccccc2S1(=O)=O)c1ccc(F)cc1F. The first kappa shape index (κ1) is 23.4. The van der Waals surface area contributed by atoms with E-state index in [9.17, 15) is 26.8 Å². The fourth-order valence-electron chi connectivity index (χ4n) is 3.85. The normalized spacial score (nSPS) is 16.2. The Kier molecular flexibility index (Phi) is 6.34. The molecule has 176 valence electrons. The van der Waals surface area contributed by atoms with Crippen LogP contribution in [-0.4, -0.2) is 30.7 Å². The molecule has 4 rings (SSSR count). The number of fused-ring (bicyclic) bond motifs is 1. The number of carbonyl (C=O) groups excluding carboxylic acids is 2. The van der Waals surface area contributed by atoms with E-state index >= 15 is 0 Å². The maximum atomic E-state index is 14.2. The highest BCUT2D eigenvalue weighted by Gasteiger charge is 2.44. The van der Waals surface area contributed by atoms with E-state index in [2.05, 4.69) is 10.6 Å². The Hall–Kier alpha value is -3.79. The molecule has 0 aliphatic carbocycles. The third-order valence-electron chi connectivity index (χ3n) is 5.51. The summed E-state index contributed by atoms with van der Waals surface area (Å²) in [6.45, 7) is 1.48. The Morgan fingerprint density at radius 1 is 1.03 bits per heavy atom. The molecular weight excluding hydrogens is 464 g/mol. The monoisotopic (exact) mass is 485 g/mol. The number of anilines is 1. The molecule has 0 aromatic heterocycles. The van der Waals surface area contributed by atoms with E-state index in [1.165, 1.54) is 31.2 Å². The number of carbonyl (C=O) groups is 2. The van der Waals surface area contributed by atoms with Gasteiger partial charge in [-0.1, -0.05) is 48.5 Å². The molecule has 2 N–H and O–H groups in total. The fraction of sp³-hybridized carbons (Fsp3) is 0.167. The Morgan fingerprint density at radius 2 is 1.71 bits per heavy atom. The van der Waals surface area contributed by atoms with Gasteiger partial charge in [-0.15, -0.1) is 0 Å². The Labute approximate surface area is 195 Å². The van der Waals surface area contributed by atoms with E-state index in [0.717, 1.165) is 6.07 Å². The zero-order chi connectivity index (χ0) is 24.5. The largest absolute Gasteiger partial charge is 0.348 e. The lowest BCUT2D eigenvalue weighted by atomic mass is 10.0. The number of urea groups is 1. The van der Waals surface area contributed by atoms with Gasteiger partial charge in [0.2, 0.25) is 5.91 Å². The van der Waals surface area contributed by atoms with Gasteiger partial charge in [-0.25, -0.2) is 26.3 Å². The van der Waals surface area contributed by atoms with Crippen LogP contribution in [0.3, 0.4) is 0 Å². The molecule has 0 bridgehead atoms. The smallest absolute Gasteiger partial charge is 0.336 e. The van der Waals surface area contributed by atoms with Gasteiger partial charge in [0, 0.05) is 18.1 Å². The molecule has 10 heteroatoms. The van der Waals surface area contributed by atoms with Crippen LogP contribution >= 0.6 is 0 Å². The van der Waals surface area contributed by atoms with Crippen LogP contribution in [0.25, 0.3) is 0 Å². The van der Waals surface area contributed by atoms with Crippen LogP contribution in [0.5, 0.6) is 0 Å². The van der Waals surface area contributed by atoms with Crippen molar-refractivity contribution in [3.8, 4) is 0 Å². The summed E-state index contributed by atoms with van der Waals surface area (Å²) in [6, 6.07) is 14.1. The second kappa shape index (κ2) is 9.22. The van der Waals surface area contributed by atoms with Crippen LogP contribution < -0.4 is 10.6 Å². The van der Waals surface area contributed by atoms with Crippen LogP contribution in [0.4, 0.5) is 19.3 Å². The zero-order valence-electron chi connectivity index (χ0n) is 18.0. The van der Waals surface area contributed by atoms with Crippen molar-refractivity contribution in [1.29, 1.82) is 0 Å². The molecule has 0 unspecified atom stereocenters. The molecule has 3 amide bonds. The topological polar surface area (TPSA) is 95.6 Å². The number of amides is 3. The van der Waals surface area contributed by atoms with Crippen molar-refractivity contribution >= 4 is 27.6 Å². The minimum Gasteiger partial charge on any atom is -0.348 e. The van der Waals surface area contributed by atoms with Crippen molar-refractivity contribution in [3.05, 3.63) is 95.6 Å². The molecule has 0 spiro atoms. The maximum absolute atomic E-state index is 14.2. The first-order chi connectivity index (χ1) is 16.2. The summed E-state index contributed by atoms with van der Waals surface area (Å²) in [7, 11) is -4.37. The van der Waals surface area contributed by atoms with E-state index in [4.69, 9.17) is 0 Å². The predicted molar refractivity (Wildman–Crippen MR) is 121 cm³/mol. The standard InChI is InChI=1S/C24H21F2N3O4S/c1-15(18-12-11-17(25)14-19(18)26)27-23(30)21(13-16-7-3-2-4-8-16)29-24(31)28-20-9-5-6-10-22(20)34(29,32)33/h2-12,14-15,21H,13H2,1H3,(H,27,30)(H,28,31)/t15-,21+/m1/s1. The molecule has 34 heavy (non-hydrogen) atoms. The molecule has 3 aromatic rings. The van der Waals surface area contributed by atoms with Gasteiger partial charge >= 0.3 is 6.03 Å². The van der Waals surface area contributed by atoms with Gasteiger partial charge in [-0.2, -0.15) is 0 Å². The number of nitrogens with one attached hydrogen (secondary N) is 2. The summed E-state index contributed by atoms with van der Waals surface area (Å²) in [4.78, 5) is 26.1. The maximum Gasteiger partial charge on any atom is 0.336 e. The molecule has 0 saturated heterocycles. The van der Waals surface area contributed by atoms with Crippen molar-refractivity contribution in [3.63, 3.8) is 0 Å². The van der Waals surface area contributed by atoms with Gasteiger partial charge in [0.05, 0.1) is 11.7 Å². The van der Waals surface area contributed by atoms with Crippen LogP contribution in [-0.2, 0) is 21.2 Å². The zero-order valence-corrected chi connectivity index (χ0v) is 18.9. The Morgan fingerprint density at radius 3 is 2.41 bits per heavy atom. The summed E-state index contributed by atoms with van der Waals surface area (Å²) < 4.78 is 54.8. The second-order valence-electron chi connectivity index (χ2n) is 7.83. The minimum atomic E-state index is -4.37. The molecule has 3 aromatic carbocycles. The molecule has 1 heterocycles. The highest BCUT2D eigenvalue weighted by Crippen LogP contribution is 2.32. The van der Waals surface area contributed by atoms with Crippen LogP contribution in [0.2, 0.25) is 0 Å². The predicted octanol–water partition coefficient (Wildman–Crippen LogP) is 3.99. The van der Waals surface area contributed by atoms with E-state index in [-0.39, 0.29) is 22.6 Å². The van der Waals surface area contributed by atoms with Gasteiger partial charge in [0.1, 0.15) is 22.6 Å². The lowest BCUT2D eigenvalue weighted by Gasteiger charge is -2.34. The molecule has 1 aliphatic rings. The van der Waals surface area contributed by atoms with E-state index in [1.54, 1.807) is 36.4 Å². The number of sulfonamides is 1. The number of hydrogen-bond donors (Lipinski definition) is 2. The Bertz CT molecular complexity index is 1350. The molecule has 7 nitrogen and oxygen atoms in total. The van der Waals surface area contributed by atoms with Crippen molar-refractivity contribution in [2.45, 2.75) is 30.3 Å². The number of para-hydroxylation sites is 1. The molecule has 0 radical (unpaired) electrons. The van der Waals surface area contributed by atoms with Crippen molar-refractivity contribution in [2.75, 3.05) is 5.32 Å². The quantitative estimate of drug-likeness (QED) is 0.552. The van der Waals surface area contributed by atoms with Crippen LogP contribution in [0, 0.1) is 11.6 Å². The number of benzene rings is 3. The van der Waals surface area contributed by atoms with Crippen LogP contribution in [0.1, 0.15) is 24.1 Å². The lowest BCUT2D eigenvalue weighted by molar-refractivity contribution is -0.125. The fourth-order valence-corrected chi connectivity index (χ4v) is 5.48. The van der Waals surface area contributed by atoms with E-state index in [0.29, 0.717) is 15.9 Å².